The fourth-order valence-electron chi connectivity index (χ4n) is 2.54. The summed E-state index contributed by atoms with van der Waals surface area (Å²) in [6.07, 6.45) is 0.777. The Hall–Kier alpha value is -2.44. The molecule has 110 valence electrons. The van der Waals surface area contributed by atoms with Crippen LogP contribution in [0.2, 0.25) is 0 Å². The van der Waals surface area contributed by atoms with Crippen molar-refractivity contribution in [1.82, 2.24) is 20.2 Å². The molecule has 0 saturated carbocycles. The smallest absolute Gasteiger partial charge is 0.308 e. The number of benzene rings is 1. The average molecular weight is 288 g/mol. The molecule has 2 aromatic rings. The Balaban J connectivity index is 1.92. The van der Waals surface area contributed by atoms with Gasteiger partial charge in [-0.3, -0.25) is 4.79 Å². The van der Waals surface area contributed by atoms with E-state index in [1.165, 1.54) is 0 Å². The minimum Gasteiger partial charge on any atom is -0.493 e. The van der Waals surface area contributed by atoms with Crippen LogP contribution in [-0.2, 0) is 11.3 Å². The molecule has 2 heterocycles. The molecule has 1 aliphatic rings. The predicted molar refractivity (Wildman–Crippen MR) is 73.0 cm³/mol. The summed E-state index contributed by atoms with van der Waals surface area (Å²) in [6.45, 7) is 2.51. The molecule has 1 aliphatic heterocycles. The van der Waals surface area contributed by atoms with Crippen molar-refractivity contribution in [1.29, 1.82) is 0 Å². The summed E-state index contributed by atoms with van der Waals surface area (Å²) in [6, 6.07) is 7.81. The summed E-state index contributed by atoms with van der Waals surface area (Å²) in [5, 5.41) is 20.8. The second kappa shape index (κ2) is 5.51. The number of carbonyl (C=O) groups is 1. The monoisotopic (exact) mass is 288 g/mol. The van der Waals surface area contributed by atoms with Crippen LogP contribution in [0.5, 0.6) is 5.75 Å². The number of aromatic nitrogens is 4. The van der Waals surface area contributed by atoms with Crippen molar-refractivity contribution in [2.24, 2.45) is 5.92 Å². The van der Waals surface area contributed by atoms with Crippen LogP contribution in [0.1, 0.15) is 30.7 Å². The van der Waals surface area contributed by atoms with E-state index in [0.717, 1.165) is 17.7 Å². The lowest BCUT2D eigenvalue weighted by molar-refractivity contribution is -0.141. The highest BCUT2D eigenvalue weighted by atomic mass is 16.5. The number of hydrogen-bond donors (Lipinski definition) is 1. The van der Waals surface area contributed by atoms with Gasteiger partial charge in [0.1, 0.15) is 5.75 Å². The highest BCUT2D eigenvalue weighted by Gasteiger charge is 2.28. The molecule has 2 unspecified atom stereocenters. The second-order valence-corrected chi connectivity index (χ2v) is 5.19. The average Bonchev–Trinajstić information content (AvgIpc) is 2.94. The molecular formula is C14H16N4O3. The van der Waals surface area contributed by atoms with Crippen LogP contribution in [0.15, 0.2) is 24.3 Å². The number of carboxylic acid groups (broad SMARTS) is 1. The first-order valence-electron chi connectivity index (χ1n) is 6.87. The van der Waals surface area contributed by atoms with Gasteiger partial charge in [-0.1, -0.05) is 25.1 Å². The Kier molecular flexibility index (Phi) is 3.55. The Labute approximate surface area is 121 Å². The summed E-state index contributed by atoms with van der Waals surface area (Å²) >= 11 is 0. The third kappa shape index (κ3) is 2.58. The summed E-state index contributed by atoms with van der Waals surface area (Å²) < 4.78 is 7.23. The molecule has 1 aromatic carbocycles. The Bertz CT molecular complexity index is 655. The molecule has 1 N–H and O–H groups in total. The van der Waals surface area contributed by atoms with Crippen LogP contribution in [0, 0.1) is 5.92 Å². The van der Waals surface area contributed by atoms with Crippen LogP contribution < -0.4 is 4.74 Å². The van der Waals surface area contributed by atoms with Gasteiger partial charge in [-0.05, 0) is 22.9 Å². The predicted octanol–water partition coefficient (Wildman–Crippen LogP) is 1.31. The third-order valence-corrected chi connectivity index (χ3v) is 3.70. The molecule has 0 spiro atoms. The number of tetrazole rings is 1. The number of carboxylic acids is 1. The first-order valence-corrected chi connectivity index (χ1v) is 6.87. The summed E-state index contributed by atoms with van der Waals surface area (Å²) in [5.74, 6) is 0.172. The van der Waals surface area contributed by atoms with Crippen LogP contribution in [0.4, 0.5) is 0 Å². The molecule has 0 aliphatic carbocycles. The molecule has 21 heavy (non-hydrogen) atoms. The zero-order valence-corrected chi connectivity index (χ0v) is 11.6. The first-order chi connectivity index (χ1) is 10.2. The zero-order chi connectivity index (χ0) is 14.8. The Morgan fingerprint density at radius 3 is 3.14 bits per heavy atom. The fraction of sp³-hybridized carbons (Fsp3) is 0.429. The number of nitrogens with zero attached hydrogens (tertiary/aromatic N) is 4. The zero-order valence-electron chi connectivity index (χ0n) is 11.6. The van der Waals surface area contributed by atoms with Gasteiger partial charge < -0.3 is 9.84 Å². The van der Waals surface area contributed by atoms with Crippen molar-refractivity contribution in [2.45, 2.75) is 25.8 Å². The quantitative estimate of drug-likeness (QED) is 0.912. The number of rotatable bonds is 4. The van der Waals surface area contributed by atoms with Gasteiger partial charge in [0.15, 0.2) is 5.82 Å². The number of aliphatic carboxylic acids is 1. The van der Waals surface area contributed by atoms with Crippen molar-refractivity contribution >= 4 is 5.97 Å². The molecule has 0 bridgehead atoms. The standard InChI is InChI=1S/C14H16N4O3/c1-9(14(19)20)8-18-13(15-16-17-18)11-6-7-21-12-5-3-2-4-10(11)12/h2-5,9,11H,6-8H2,1H3,(H,19,20). The molecule has 0 amide bonds. The maximum absolute atomic E-state index is 11.0. The lowest BCUT2D eigenvalue weighted by Gasteiger charge is -2.25. The van der Waals surface area contributed by atoms with Crippen LogP contribution in [0.3, 0.4) is 0 Å². The third-order valence-electron chi connectivity index (χ3n) is 3.70. The molecule has 1 aromatic heterocycles. The summed E-state index contributed by atoms with van der Waals surface area (Å²) in [7, 11) is 0. The molecule has 0 radical (unpaired) electrons. The van der Waals surface area contributed by atoms with Crippen molar-refractivity contribution < 1.29 is 14.6 Å². The van der Waals surface area contributed by atoms with E-state index >= 15 is 0 Å². The Morgan fingerprint density at radius 1 is 1.52 bits per heavy atom. The van der Waals surface area contributed by atoms with E-state index in [4.69, 9.17) is 9.84 Å². The molecule has 0 saturated heterocycles. The van der Waals surface area contributed by atoms with E-state index in [-0.39, 0.29) is 12.5 Å². The minimum absolute atomic E-state index is 0.0333. The molecule has 7 heteroatoms. The van der Waals surface area contributed by atoms with Gasteiger partial charge in [-0.15, -0.1) is 5.10 Å². The van der Waals surface area contributed by atoms with E-state index in [1.807, 2.05) is 24.3 Å². The van der Waals surface area contributed by atoms with Gasteiger partial charge in [0, 0.05) is 5.56 Å². The van der Waals surface area contributed by atoms with Crippen molar-refractivity contribution in [3.8, 4) is 5.75 Å². The molecule has 2 atom stereocenters. The lowest BCUT2D eigenvalue weighted by Crippen LogP contribution is -2.23. The highest BCUT2D eigenvalue weighted by Crippen LogP contribution is 2.36. The van der Waals surface area contributed by atoms with Gasteiger partial charge in [0.2, 0.25) is 0 Å². The van der Waals surface area contributed by atoms with Gasteiger partial charge in [0.05, 0.1) is 25.0 Å². The van der Waals surface area contributed by atoms with E-state index in [0.29, 0.717) is 12.4 Å². The molecule has 3 rings (SSSR count). The normalized spacial score (nSPS) is 18.6. The van der Waals surface area contributed by atoms with Gasteiger partial charge in [-0.2, -0.15) is 0 Å². The topological polar surface area (TPSA) is 90.1 Å². The minimum atomic E-state index is -0.858. The molecule has 0 fully saturated rings. The van der Waals surface area contributed by atoms with Crippen molar-refractivity contribution in [2.75, 3.05) is 6.61 Å². The van der Waals surface area contributed by atoms with E-state index in [1.54, 1.807) is 11.6 Å². The van der Waals surface area contributed by atoms with Gasteiger partial charge in [0.25, 0.3) is 0 Å². The van der Waals surface area contributed by atoms with Crippen LogP contribution in [-0.4, -0.2) is 37.9 Å². The SMILES string of the molecule is CC(Cn1nnnc1C1CCOc2ccccc21)C(=O)O. The van der Waals surface area contributed by atoms with Crippen molar-refractivity contribution in [3.63, 3.8) is 0 Å². The lowest BCUT2D eigenvalue weighted by atomic mass is 9.92. The highest BCUT2D eigenvalue weighted by molar-refractivity contribution is 5.69. The number of fused-ring (bicyclic) bond motifs is 1. The second-order valence-electron chi connectivity index (χ2n) is 5.19. The Morgan fingerprint density at radius 2 is 2.33 bits per heavy atom. The van der Waals surface area contributed by atoms with E-state index in [9.17, 15) is 4.79 Å². The first kappa shape index (κ1) is 13.5. The summed E-state index contributed by atoms with van der Waals surface area (Å²) in [5.41, 5.74) is 1.04. The van der Waals surface area contributed by atoms with Crippen molar-refractivity contribution in [3.05, 3.63) is 35.7 Å². The van der Waals surface area contributed by atoms with E-state index in [2.05, 4.69) is 15.5 Å². The maximum atomic E-state index is 11.0. The number of hydrogen-bond acceptors (Lipinski definition) is 5. The summed E-state index contributed by atoms with van der Waals surface area (Å²) in [4.78, 5) is 11.0. The number of para-hydroxylation sites is 1. The molecule has 7 nitrogen and oxygen atoms in total. The van der Waals surface area contributed by atoms with Gasteiger partial charge >= 0.3 is 5.97 Å². The largest absolute Gasteiger partial charge is 0.493 e. The van der Waals surface area contributed by atoms with E-state index < -0.39 is 11.9 Å². The molecular weight excluding hydrogens is 272 g/mol. The van der Waals surface area contributed by atoms with Gasteiger partial charge in [-0.25, -0.2) is 4.68 Å². The number of ether oxygens (including phenoxy) is 1. The van der Waals surface area contributed by atoms with Crippen LogP contribution in [0.25, 0.3) is 0 Å². The maximum Gasteiger partial charge on any atom is 0.308 e. The fourth-order valence-corrected chi connectivity index (χ4v) is 2.54. The van der Waals surface area contributed by atoms with Crippen LogP contribution >= 0.6 is 0 Å².